The van der Waals surface area contributed by atoms with Crippen LogP contribution in [-0.4, -0.2) is 21.6 Å². The molecule has 1 aliphatic heterocycles. The van der Waals surface area contributed by atoms with Gasteiger partial charge in [-0.05, 0) is 167 Å². The van der Waals surface area contributed by atoms with Crippen molar-refractivity contribution in [2.75, 3.05) is 0 Å². The van der Waals surface area contributed by atoms with Gasteiger partial charge in [0.25, 0.3) is 0 Å². The largest absolute Gasteiger partial charge is 0.485 e. The zero-order valence-corrected chi connectivity index (χ0v) is 35.4. The highest BCUT2D eigenvalue weighted by Gasteiger charge is 2.55. The number of hydrogen-bond acceptors (Lipinski definition) is 2. The van der Waals surface area contributed by atoms with E-state index in [0.717, 1.165) is 70.0 Å². The van der Waals surface area contributed by atoms with E-state index < -0.39 is 0 Å². The maximum absolute atomic E-state index is 14.3. The number of ether oxygens (including phenoxy) is 1. The van der Waals surface area contributed by atoms with Crippen molar-refractivity contribution in [3.63, 3.8) is 0 Å². The molecule has 7 unspecified atom stereocenters. The summed E-state index contributed by atoms with van der Waals surface area (Å²) in [7, 11) is 0. The van der Waals surface area contributed by atoms with Gasteiger partial charge in [0, 0.05) is 40.3 Å². The Labute approximate surface area is 356 Å². The lowest BCUT2D eigenvalue weighted by Gasteiger charge is -2.47. The third-order valence-electron chi connectivity index (χ3n) is 16.3. The van der Waals surface area contributed by atoms with Crippen LogP contribution in [0.1, 0.15) is 124 Å². The maximum atomic E-state index is 14.3. The van der Waals surface area contributed by atoms with E-state index in [4.69, 9.17) is 4.74 Å². The lowest BCUT2D eigenvalue weighted by molar-refractivity contribution is 0.221. The van der Waals surface area contributed by atoms with Crippen molar-refractivity contribution in [2.24, 2.45) is 17.3 Å². The smallest absolute Gasteiger partial charge is 0.130 e. The Balaban J connectivity index is 1.02. The van der Waals surface area contributed by atoms with Crippen LogP contribution >= 0.6 is 0 Å². The third-order valence-corrected chi connectivity index (χ3v) is 16.3. The summed E-state index contributed by atoms with van der Waals surface area (Å²) in [6.45, 7) is 2.50. The monoisotopic (exact) mass is 794 g/mol. The molecule has 2 aromatic rings. The Kier molecular flexibility index (Phi) is 9.04. The summed E-state index contributed by atoms with van der Waals surface area (Å²) in [5.74, 6) is 2.05. The quantitative estimate of drug-likeness (QED) is 0.271. The van der Waals surface area contributed by atoms with Gasteiger partial charge in [-0.25, -0.2) is 4.39 Å². The first-order valence-electron chi connectivity index (χ1n) is 23.7. The summed E-state index contributed by atoms with van der Waals surface area (Å²) in [6, 6.07) is 9.32. The topological polar surface area (TPSA) is 17.4 Å². The molecule has 7 atom stereocenters. The molecule has 2 heterocycles. The highest BCUT2D eigenvalue weighted by Crippen LogP contribution is 2.67. The number of aromatic nitrogens is 1. The van der Waals surface area contributed by atoms with E-state index in [-0.39, 0.29) is 29.3 Å². The van der Waals surface area contributed by atoms with Crippen molar-refractivity contribution in [1.82, 2.24) is 9.47 Å². The van der Waals surface area contributed by atoms with E-state index in [1.54, 1.807) is 51.1 Å². The lowest BCUT2D eigenvalue weighted by Crippen LogP contribution is -2.42. The number of rotatable bonds is 6. The molecule has 1 aromatic heterocycles. The van der Waals surface area contributed by atoms with Crippen molar-refractivity contribution >= 4 is 0 Å². The molecular weight excluding hydrogens is 736 g/mol. The Hall–Kier alpha value is -4.83. The van der Waals surface area contributed by atoms with Gasteiger partial charge < -0.3 is 14.2 Å². The normalized spacial score (nSPS) is 32.2. The van der Waals surface area contributed by atoms with E-state index in [2.05, 4.69) is 114 Å². The molecule has 10 aliphatic rings. The van der Waals surface area contributed by atoms with Gasteiger partial charge in [-0.2, -0.15) is 0 Å². The van der Waals surface area contributed by atoms with Crippen LogP contribution in [0.3, 0.4) is 0 Å². The molecule has 0 radical (unpaired) electrons. The van der Waals surface area contributed by atoms with Gasteiger partial charge in [-0.3, -0.25) is 0 Å². The number of hydrogen-bond donors (Lipinski definition) is 0. The number of halogens is 1. The van der Waals surface area contributed by atoms with Gasteiger partial charge in [0.05, 0.1) is 17.4 Å². The Bertz CT molecular complexity index is 2500. The molecular formula is C56H59FN2O. The summed E-state index contributed by atoms with van der Waals surface area (Å²) in [5.41, 5.74) is 18.7. The molecule has 0 saturated heterocycles. The molecule has 4 heteroatoms. The fourth-order valence-electron chi connectivity index (χ4n) is 13.9. The zero-order chi connectivity index (χ0) is 40.0. The predicted octanol–water partition coefficient (Wildman–Crippen LogP) is 13.4. The van der Waals surface area contributed by atoms with E-state index >= 15 is 0 Å². The summed E-state index contributed by atoms with van der Waals surface area (Å²) in [6.07, 6.45) is 50.9. The standard InChI is InChI=1S/C56H59FN2O/c1-36-14-5-9-20-47(36)56(37-15-3-2-4-16-37)48-21-10-6-17-42(48)43-32-30-41(35-49(43)56)58(52-23-13-25-54-55(52)45-19-8-12-24-53(45)60-54)40-31-33-51-46(34-40)44-18-7-11-22-50(44)59(51)39-28-26-38(57)27-29-39/h2-3,5,8-9,12-13,15,19-20,23-28,30,35-36,39-40,43,54-55H,4,6-7,10-11,14,16-18,21-22,29,31-34H2,1H3. The van der Waals surface area contributed by atoms with Gasteiger partial charge in [-0.1, -0.05) is 96.5 Å². The van der Waals surface area contributed by atoms with Crippen molar-refractivity contribution in [2.45, 2.75) is 134 Å². The Morgan fingerprint density at radius 3 is 2.55 bits per heavy atom. The van der Waals surface area contributed by atoms with Crippen LogP contribution in [0, 0.1) is 17.3 Å². The maximum Gasteiger partial charge on any atom is 0.130 e. The number of para-hydroxylation sites is 1. The Morgan fingerprint density at radius 2 is 1.67 bits per heavy atom. The van der Waals surface area contributed by atoms with Crippen LogP contribution in [0.2, 0.25) is 0 Å². The first-order chi connectivity index (χ1) is 29.6. The molecule has 0 saturated carbocycles. The Morgan fingerprint density at radius 1 is 0.800 bits per heavy atom. The average Bonchev–Trinajstić information content (AvgIpc) is 3.94. The molecule has 9 aliphatic carbocycles. The van der Waals surface area contributed by atoms with Gasteiger partial charge in [0.2, 0.25) is 0 Å². The molecule has 0 spiro atoms. The van der Waals surface area contributed by atoms with E-state index in [9.17, 15) is 4.39 Å². The highest BCUT2D eigenvalue weighted by molar-refractivity contribution is 5.65. The van der Waals surface area contributed by atoms with Crippen LogP contribution in [0.5, 0.6) is 5.75 Å². The van der Waals surface area contributed by atoms with Gasteiger partial charge in [0.1, 0.15) is 17.7 Å². The molecule has 0 fully saturated rings. The minimum absolute atomic E-state index is 0.00668. The van der Waals surface area contributed by atoms with Crippen LogP contribution in [0.15, 0.2) is 154 Å². The fourth-order valence-corrected chi connectivity index (χ4v) is 13.9. The fraction of sp³-hybridized carbons (Fsp3) is 0.429. The minimum atomic E-state index is -0.134. The first-order valence-corrected chi connectivity index (χ1v) is 23.7. The summed E-state index contributed by atoms with van der Waals surface area (Å²) >= 11 is 0. The minimum Gasteiger partial charge on any atom is -0.485 e. The van der Waals surface area contributed by atoms with Crippen molar-refractivity contribution < 1.29 is 9.13 Å². The number of fused-ring (bicyclic) bond motifs is 8. The first kappa shape index (κ1) is 37.0. The number of nitrogens with zero attached hydrogens (tertiary/aromatic N) is 2. The lowest BCUT2D eigenvalue weighted by atomic mass is 9.58. The van der Waals surface area contributed by atoms with Crippen molar-refractivity contribution in [3.05, 3.63) is 182 Å². The average molecular weight is 795 g/mol. The highest BCUT2D eigenvalue weighted by atomic mass is 19.1. The van der Waals surface area contributed by atoms with Gasteiger partial charge in [-0.15, -0.1) is 0 Å². The second-order valence-corrected chi connectivity index (χ2v) is 19.3. The molecule has 0 N–H and O–H groups in total. The molecule has 1 aromatic carbocycles. The zero-order valence-electron chi connectivity index (χ0n) is 35.4. The van der Waals surface area contributed by atoms with E-state index in [0.29, 0.717) is 17.9 Å². The molecule has 12 rings (SSSR count). The van der Waals surface area contributed by atoms with E-state index in [1.165, 1.54) is 66.9 Å². The predicted molar refractivity (Wildman–Crippen MR) is 241 cm³/mol. The number of allylic oxidation sites excluding steroid dienone is 19. The van der Waals surface area contributed by atoms with Crippen molar-refractivity contribution in [1.29, 1.82) is 0 Å². The summed E-state index contributed by atoms with van der Waals surface area (Å²) < 4.78 is 23.7. The third kappa shape index (κ3) is 5.57. The van der Waals surface area contributed by atoms with Gasteiger partial charge in [0.15, 0.2) is 0 Å². The molecule has 3 nitrogen and oxygen atoms in total. The van der Waals surface area contributed by atoms with Crippen LogP contribution in [0.4, 0.5) is 4.39 Å². The SMILES string of the molecule is CC1CC=CC=C1C1(C2=CC=CCC2)C2=CC(N(C3=CC=CC4Oc5ccccc5C34)C3CCc4c(c5c(n4C4C=CC(F)=CC4)CCCC5)C3)=CCC2C2=C1CCCC2. The summed E-state index contributed by atoms with van der Waals surface area (Å²) in [5, 5.41) is 0. The van der Waals surface area contributed by atoms with E-state index in [1.807, 2.05) is 0 Å². The second-order valence-electron chi connectivity index (χ2n) is 19.3. The molecule has 0 amide bonds. The number of benzene rings is 1. The molecule has 60 heavy (non-hydrogen) atoms. The summed E-state index contributed by atoms with van der Waals surface area (Å²) in [4.78, 5) is 2.86. The van der Waals surface area contributed by atoms with Crippen LogP contribution in [-0.2, 0) is 25.7 Å². The molecule has 0 bridgehead atoms. The second kappa shape index (κ2) is 14.7. The van der Waals surface area contributed by atoms with Crippen LogP contribution in [0.25, 0.3) is 0 Å². The van der Waals surface area contributed by atoms with Crippen molar-refractivity contribution in [3.8, 4) is 5.75 Å². The molecule has 306 valence electrons. The van der Waals surface area contributed by atoms with Crippen LogP contribution < -0.4 is 4.74 Å². The van der Waals surface area contributed by atoms with Gasteiger partial charge >= 0.3 is 0 Å².